The number of benzene rings is 4. The first kappa shape index (κ1) is 105. The van der Waals surface area contributed by atoms with E-state index in [1.807, 2.05) is 55.4 Å². The van der Waals surface area contributed by atoms with Crippen LogP contribution < -0.4 is 10.6 Å². The molecule has 0 radical (unpaired) electrons. The molecule has 2 aliphatic rings. The molecule has 1 unspecified atom stereocenters. The molecule has 0 saturated heterocycles. The minimum absolute atomic E-state index is 0. The van der Waals surface area contributed by atoms with Crippen molar-refractivity contribution in [2.45, 2.75) is 269 Å². The molecule has 0 N–H and O–H groups in total. The molecule has 0 bridgehead atoms. The fourth-order valence-electron chi connectivity index (χ4n) is 6.53. The summed E-state index contributed by atoms with van der Waals surface area (Å²) in [7, 11) is 0.0535. The summed E-state index contributed by atoms with van der Waals surface area (Å²) in [5.41, 5.74) is 4.01. The van der Waals surface area contributed by atoms with Gasteiger partial charge in [-0.2, -0.15) is 0 Å². The Balaban J connectivity index is -0.000000106. The van der Waals surface area contributed by atoms with Crippen LogP contribution in [0, 0.1) is 27.1 Å². The van der Waals surface area contributed by atoms with Crippen LogP contribution in [0.15, 0.2) is 126 Å². The summed E-state index contributed by atoms with van der Waals surface area (Å²) >= 11 is 0. The van der Waals surface area contributed by atoms with Gasteiger partial charge in [0, 0.05) is 71.5 Å². The second-order valence-corrected chi connectivity index (χ2v) is 47.1. The van der Waals surface area contributed by atoms with Crippen molar-refractivity contribution in [2.24, 2.45) is 4.99 Å². The van der Waals surface area contributed by atoms with E-state index in [-0.39, 0.29) is 65.0 Å². The predicted octanol–water partition coefficient (Wildman–Crippen LogP) is 20.9. The Labute approximate surface area is 577 Å². The molecule has 83 heavy (non-hydrogen) atoms. The third-order valence-corrected chi connectivity index (χ3v) is 11.6. The normalized spacial score (nSPS) is 12.9. The number of aryl methyl sites for hydroxylation is 1. The van der Waals surface area contributed by atoms with Crippen molar-refractivity contribution in [2.75, 3.05) is 0 Å². The largest absolute Gasteiger partial charge is 0.671 e. The summed E-state index contributed by atoms with van der Waals surface area (Å²) < 4.78 is 0. The fraction of sp³-hybridized carbons (Fsp3) is 0.586. The molecule has 13 heteroatoms. The summed E-state index contributed by atoms with van der Waals surface area (Å²) in [5.74, 6) is -0.00175. The van der Waals surface area contributed by atoms with Crippen LogP contribution >= 0.6 is 7.92 Å². The maximum Gasteiger partial charge on any atom is 0.0498 e. The number of rotatable bonds is 12. The first-order valence-corrected chi connectivity index (χ1v) is 54.7. The number of hydrogen-bond donors (Lipinski definition) is 0. The van der Waals surface area contributed by atoms with Gasteiger partial charge in [-0.15, -0.1) is 36.8 Å². The van der Waals surface area contributed by atoms with Crippen LogP contribution in [0.5, 0.6) is 0 Å². The van der Waals surface area contributed by atoms with Gasteiger partial charge in [-0.05, 0) is 79.5 Å². The molecule has 1 atom stereocenters. The molecule has 0 amide bonds. The summed E-state index contributed by atoms with van der Waals surface area (Å²) in [6.07, 6.45) is 15.4. The SMILES string of the molecule is CC.CC.CC.CC.CC(CCc1ccccc1)=NC1CCCCC1.C[SiH3].C[SiH3].C[SiH3].C[Si](C)(C)C.[CH2-][Si](C)(C)C.[CH2-][Si](C)(C)C.[CH2-][Si](C)(C)C.[CH3-].[Hf].[Hf].c1ccc(C[N-]C([N-]C2CCCCC2)P(c2ccccc2)c2ccccc2)cc1. The number of nitrogens with zero attached hydrogens (tertiary/aromatic N) is 3. The summed E-state index contributed by atoms with van der Waals surface area (Å²) in [4.78, 5) is 4.87. The van der Waals surface area contributed by atoms with Crippen molar-refractivity contribution in [3.05, 3.63) is 170 Å². The van der Waals surface area contributed by atoms with E-state index >= 15 is 0 Å². The maximum atomic E-state index is 5.37. The third kappa shape index (κ3) is 86.4. The zero-order valence-electron chi connectivity index (χ0n) is 60.9. The molecule has 0 aliphatic heterocycles. The Kier molecular flexibility index (Phi) is 90.0. The smallest absolute Gasteiger partial charge is 0.0498 e. The third-order valence-electron chi connectivity index (χ3n) is 9.09. The Morgan fingerprint density at radius 1 is 0.482 bits per heavy atom. The standard InChI is InChI=1S/C26H29N2P.C16H23N.C4H12Si.3C4H11Si.4C2H6.3CH6Si.CH3.2Hf/c1-5-13-22(14-6-1)21-27-26(28-23-15-7-2-8-16-23)29(24-17-9-3-10-18-24)25-19-11-4-12-20-25;1-14(17-16-10-6-3-7-11-16)12-13-15-8-4-2-5-9-15;4*1-5(2,3)4;7*1-2;;;/h1,3-6,9-14,17-20,23,26H,2,7-8,15-16,21H2;2,4-5,8-9,16H,3,6-7,10-13H2,1H3;1-4H3;3*1H2,2-4H3;7*1-2H3;1H3;;/q-2;;;3*-1;;;;;;;;-1;;. The van der Waals surface area contributed by atoms with Crippen LogP contribution in [-0.4, -0.2) is 86.7 Å². The van der Waals surface area contributed by atoms with E-state index in [4.69, 9.17) is 15.6 Å². The molecule has 2 saturated carbocycles. The Bertz CT molecular complexity index is 1690. The second-order valence-electron chi connectivity index (χ2n) is 23.5. The predicted molar refractivity (Wildman–Crippen MR) is 416 cm³/mol. The van der Waals surface area contributed by atoms with Gasteiger partial charge in [-0.25, -0.2) is 5.91 Å². The van der Waals surface area contributed by atoms with Crippen molar-refractivity contribution < 1.29 is 51.7 Å². The Morgan fingerprint density at radius 3 is 1.05 bits per heavy atom. The van der Waals surface area contributed by atoms with E-state index in [1.54, 1.807) is 0 Å². The van der Waals surface area contributed by atoms with Crippen molar-refractivity contribution >= 4 is 87.3 Å². The van der Waals surface area contributed by atoms with Gasteiger partial charge in [-0.1, -0.05) is 346 Å². The van der Waals surface area contributed by atoms with Crippen molar-refractivity contribution in [1.29, 1.82) is 0 Å². The molecule has 2 aliphatic carbocycles. The molecule has 4 aromatic rings. The Morgan fingerprint density at radius 2 is 0.747 bits per heavy atom. The molecule has 0 spiro atoms. The molecule has 0 heterocycles. The molecular weight excluding hydrogens is 1470 g/mol. The van der Waals surface area contributed by atoms with Gasteiger partial charge in [0.2, 0.25) is 0 Å². The van der Waals surface area contributed by atoms with E-state index in [0.717, 1.165) is 19.4 Å². The maximum absolute atomic E-state index is 5.37. The van der Waals surface area contributed by atoms with Crippen molar-refractivity contribution in [3.8, 4) is 0 Å². The summed E-state index contributed by atoms with van der Waals surface area (Å²) in [6.45, 7) is 66.3. The molecule has 0 aromatic heterocycles. The van der Waals surface area contributed by atoms with E-state index < -0.39 is 40.2 Å². The van der Waals surface area contributed by atoms with Crippen molar-refractivity contribution in [1.82, 2.24) is 0 Å². The number of hydrogen-bond acceptors (Lipinski definition) is 1. The van der Waals surface area contributed by atoms with Gasteiger partial charge in [0.25, 0.3) is 0 Å². The van der Waals surface area contributed by atoms with Crippen LogP contribution in [0.3, 0.4) is 0 Å². The van der Waals surface area contributed by atoms with Gasteiger partial charge in [0.05, 0.1) is 0 Å². The Hall–Kier alpha value is 0.158. The first-order valence-electron chi connectivity index (χ1n) is 32.2. The van der Waals surface area contributed by atoms with Gasteiger partial charge in [0.1, 0.15) is 0 Å². The van der Waals surface area contributed by atoms with Gasteiger partial charge >= 0.3 is 0 Å². The van der Waals surface area contributed by atoms with E-state index in [0.29, 0.717) is 12.1 Å². The minimum atomic E-state index is -0.861. The van der Waals surface area contributed by atoms with Crippen LogP contribution in [-0.2, 0) is 64.7 Å². The fourth-order valence-corrected chi connectivity index (χ4v) is 8.92. The average Bonchev–Trinajstić information content (AvgIpc) is 3.44. The topological polar surface area (TPSA) is 40.6 Å². The minimum Gasteiger partial charge on any atom is -0.671 e. The van der Waals surface area contributed by atoms with Gasteiger partial charge < -0.3 is 37.7 Å². The zero-order chi connectivity index (χ0) is 63.7. The monoisotopic (exact) mass is 1610 g/mol. The van der Waals surface area contributed by atoms with Crippen LogP contribution in [0.2, 0.25) is 105 Å². The van der Waals surface area contributed by atoms with Crippen molar-refractivity contribution in [3.63, 3.8) is 0 Å². The molecule has 2 fully saturated rings. The average molecular weight is 1610 g/mol. The zero-order valence-corrected chi connectivity index (χ0v) is 79.0. The number of aliphatic imine (C=N–C) groups is 1. The first-order chi connectivity index (χ1) is 37.7. The molecule has 484 valence electrons. The van der Waals surface area contributed by atoms with Crippen LogP contribution in [0.1, 0.15) is 144 Å². The quantitative estimate of drug-likeness (QED) is 0.0587. The van der Waals surface area contributed by atoms with E-state index in [9.17, 15) is 0 Å². The molecular formula is C70H142Hf2N3PSi7-6. The molecule has 4 aromatic carbocycles. The second kappa shape index (κ2) is 71.2. The van der Waals surface area contributed by atoms with Crippen LogP contribution in [0.4, 0.5) is 0 Å². The van der Waals surface area contributed by atoms with E-state index in [1.165, 1.54) is 122 Å². The van der Waals surface area contributed by atoms with E-state index in [2.05, 4.69) is 253 Å². The molecule has 6 rings (SSSR count). The summed E-state index contributed by atoms with van der Waals surface area (Å²) in [6, 6.07) is 44.1. The van der Waals surface area contributed by atoms with Gasteiger partial charge in [-0.3, -0.25) is 4.99 Å². The van der Waals surface area contributed by atoms with Crippen LogP contribution in [0.25, 0.3) is 10.6 Å². The molecule has 3 nitrogen and oxygen atoms in total. The van der Waals surface area contributed by atoms with Gasteiger partial charge in [0.15, 0.2) is 0 Å². The summed E-state index contributed by atoms with van der Waals surface area (Å²) in [5, 5.41) is 13.3.